The van der Waals surface area contributed by atoms with Crippen LogP contribution in [0.25, 0.3) is 0 Å². The van der Waals surface area contributed by atoms with E-state index in [9.17, 15) is 27.3 Å². The number of rotatable bonds is 10. The van der Waals surface area contributed by atoms with E-state index in [1.165, 1.54) is 18.6 Å². The summed E-state index contributed by atoms with van der Waals surface area (Å²) >= 11 is 6.12. The number of halogens is 4. The highest BCUT2D eigenvalue weighted by molar-refractivity contribution is 7.57. The zero-order chi connectivity index (χ0) is 28.9. The summed E-state index contributed by atoms with van der Waals surface area (Å²) in [5.74, 6) is -2.75. The fraction of sp³-hybridized carbons (Fsp3) is 0.542. The van der Waals surface area contributed by atoms with Crippen LogP contribution >= 0.6 is 19.0 Å². The molecule has 2 aromatic rings. The van der Waals surface area contributed by atoms with Gasteiger partial charge < -0.3 is 26.8 Å². The Morgan fingerprint density at radius 3 is 2.36 bits per heavy atom. The summed E-state index contributed by atoms with van der Waals surface area (Å²) in [5.41, 5.74) is 5.47. The molecule has 220 valence electrons. The number of aliphatic carboxylic acids is 1. The number of benzene rings is 1. The fourth-order valence-electron chi connectivity index (χ4n) is 3.73. The molecule has 7 N–H and O–H groups in total. The van der Waals surface area contributed by atoms with Crippen LogP contribution in [-0.2, 0) is 23.0 Å². The van der Waals surface area contributed by atoms with E-state index in [-0.39, 0.29) is 37.2 Å². The first kappa shape index (κ1) is 34.6. The van der Waals surface area contributed by atoms with Crippen molar-refractivity contribution in [2.75, 3.05) is 12.8 Å². The second-order valence-corrected chi connectivity index (χ2v) is 12.6. The van der Waals surface area contributed by atoms with Crippen molar-refractivity contribution < 1.29 is 37.3 Å². The van der Waals surface area contributed by atoms with Gasteiger partial charge in [0, 0.05) is 37.5 Å². The van der Waals surface area contributed by atoms with Gasteiger partial charge in [-0.15, -0.1) is 0 Å². The fourth-order valence-corrected chi connectivity index (χ4v) is 4.68. The minimum atomic E-state index is -3.10. The molecule has 1 aliphatic carbocycles. The molecular weight excluding hydrogens is 562 g/mol. The van der Waals surface area contributed by atoms with Crippen LogP contribution < -0.4 is 11.9 Å². The van der Waals surface area contributed by atoms with E-state index < -0.39 is 48.9 Å². The molecule has 0 saturated heterocycles. The van der Waals surface area contributed by atoms with Crippen LogP contribution in [0.15, 0.2) is 18.2 Å². The summed E-state index contributed by atoms with van der Waals surface area (Å²) in [6.45, 7) is 5.41. The Kier molecular flexibility index (Phi) is 12.7. The molecule has 0 radical (unpaired) electrons. The van der Waals surface area contributed by atoms with Crippen molar-refractivity contribution in [1.82, 2.24) is 20.8 Å². The lowest BCUT2D eigenvalue weighted by Gasteiger charge is -2.25. The van der Waals surface area contributed by atoms with E-state index in [0.717, 1.165) is 24.0 Å². The number of carboxylic acids is 1. The van der Waals surface area contributed by atoms with Gasteiger partial charge in [-0.05, 0) is 48.4 Å². The molecule has 2 unspecified atom stereocenters. The molecular formula is C24H36ClF3N5O5P. The predicted molar refractivity (Wildman–Crippen MR) is 142 cm³/mol. The van der Waals surface area contributed by atoms with Crippen molar-refractivity contribution in [3.8, 4) is 0 Å². The van der Waals surface area contributed by atoms with E-state index in [1.54, 1.807) is 12.1 Å². The van der Waals surface area contributed by atoms with Gasteiger partial charge >= 0.3 is 5.97 Å². The Hall–Kier alpha value is -2.44. The zero-order valence-corrected chi connectivity index (χ0v) is 23.9. The molecule has 0 aliphatic heterocycles. The number of carboxylic acid groups (broad SMARTS) is 1. The van der Waals surface area contributed by atoms with E-state index in [1.807, 2.05) is 19.9 Å². The van der Waals surface area contributed by atoms with E-state index in [0.29, 0.717) is 9.70 Å². The number of carbonyl (C=O) groups is 2. The third-order valence-electron chi connectivity index (χ3n) is 5.91. The van der Waals surface area contributed by atoms with Gasteiger partial charge in [0.1, 0.15) is 17.3 Å². The first-order valence-corrected chi connectivity index (χ1v) is 14.6. The van der Waals surface area contributed by atoms with Crippen LogP contribution in [0.4, 0.5) is 13.2 Å². The van der Waals surface area contributed by atoms with E-state index in [2.05, 4.69) is 5.10 Å². The van der Waals surface area contributed by atoms with Crippen LogP contribution in [0.3, 0.4) is 0 Å². The van der Waals surface area contributed by atoms with Crippen LogP contribution in [-0.4, -0.2) is 61.5 Å². The number of aryl methyl sites for hydroxylation is 1. The normalized spacial score (nSPS) is 15.2. The number of nitrogens with two attached hydrogens (primary N) is 1. The highest BCUT2D eigenvalue weighted by Gasteiger charge is 2.38. The Morgan fingerprint density at radius 1 is 1.31 bits per heavy atom. The summed E-state index contributed by atoms with van der Waals surface area (Å²) in [6.07, 6.45) is -1.51. The molecule has 15 heteroatoms. The number of nitrogens with zero attached hydrogens (tertiary/aromatic N) is 3. The standard InChI is InChI=1S/C19H21ClF3N3O.C5H12NO4P.H3N/c1-10(2)14-7-4-12(20)8-11(14)9-26(13-5-6-13)19(27)15-16(17(21)22)24-25(3)18(15)23;1-11(9,10)3-2-4(6)5(7)8;/h4,7-8,10,13,17H,5-6,9H2,1-3H3;4H,2-3,6H2,1H3,(H,7,8)(H,9,10);1H3. The average molecular weight is 598 g/mol. The largest absolute Gasteiger partial charge is 0.480 e. The molecule has 10 nitrogen and oxygen atoms in total. The van der Waals surface area contributed by atoms with Crippen molar-refractivity contribution in [2.24, 2.45) is 12.8 Å². The Bertz CT molecular complexity index is 1200. The third kappa shape index (κ3) is 9.91. The van der Waals surface area contributed by atoms with E-state index in [4.69, 9.17) is 27.3 Å². The molecule has 0 spiro atoms. The van der Waals surface area contributed by atoms with Gasteiger partial charge in [-0.1, -0.05) is 31.5 Å². The van der Waals surface area contributed by atoms with Gasteiger partial charge in [-0.25, -0.2) is 13.5 Å². The Morgan fingerprint density at radius 2 is 1.90 bits per heavy atom. The molecule has 3 rings (SSSR count). The lowest BCUT2D eigenvalue weighted by Crippen LogP contribution is -2.34. The van der Waals surface area contributed by atoms with Gasteiger partial charge in [-0.3, -0.25) is 14.2 Å². The number of carbonyl (C=O) groups excluding carboxylic acids is 1. The second-order valence-electron chi connectivity index (χ2n) is 9.65. The summed E-state index contributed by atoms with van der Waals surface area (Å²) in [5, 5.41) is 12.3. The third-order valence-corrected chi connectivity index (χ3v) is 7.24. The molecule has 1 aromatic carbocycles. The van der Waals surface area contributed by atoms with Crippen molar-refractivity contribution in [1.29, 1.82) is 0 Å². The molecule has 1 saturated carbocycles. The Balaban J connectivity index is 0.000000541. The SMILES string of the molecule is CC(C)c1ccc(Cl)cc1CN(C(=O)c1c(C(F)F)nn(C)c1F)C1CC1.CP(=O)(O)CCC(N)C(=O)O.N. The maximum atomic E-state index is 14.4. The number of amides is 1. The quantitative estimate of drug-likeness (QED) is 0.279. The number of hydrogen-bond donors (Lipinski definition) is 4. The van der Waals surface area contributed by atoms with Crippen molar-refractivity contribution in [2.45, 2.75) is 64.1 Å². The average Bonchev–Trinajstić information content (AvgIpc) is 3.60. The van der Waals surface area contributed by atoms with Gasteiger partial charge in [0.15, 0.2) is 7.37 Å². The zero-order valence-electron chi connectivity index (χ0n) is 22.3. The first-order chi connectivity index (χ1) is 17.5. The highest BCUT2D eigenvalue weighted by Crippen LogP contribution is 2.36. The van der Waals surface area contributed by atoms with Crippen LogP contribution in [0, 0.1) is 5.95 Å². The summed E-state index contributed by atoms with van der Waals surface area (Å²) in [7, 11) is -1.90. The lowest BCUT2D eigenvalue weighted by atomic mass is 9.96. The van der Waals surface area contributed by atoms with Crippen LogP contribution in [0.2, 0.25) is 5.02 Å². The van der Waals surface area contributed by atoms with Crippen molar-refractivity contribution in [3.05, 3.63) is 51.6 Å². The topological polar surface area (TPSA) is 174 Å². The number of aromatic nitrogens is 2. The van der Waals surface area contributed by atoms with Crippen LogP contribution in [0.5, 0.6) is 0 Å². The monoisotopic (exact) mass is 597 g/mol. The minimum Gasteiger partial charge on any atom is -0.480 e. The predicted octanol–water partition coefficient (Wildman–Crippen LogP) is 4.93. The van der Waals surface area contributed by atoms with Gasteiger partial charge in [0.2, 0.25) is 5.95 Å². The molecule has 0 bridgehead atoms. The molecule has 1 heterocycles. The molecule has 1 aromatic heterocycles. The minimum absolute atomic E-state index is 0. The van der Waals surface area contributed by atoms with E-state index >= 15 is 0 Å². The number of hydrogen-bond acceptors (Lipinski definition) is 6. The van der Waals surface area contributed by atoms with Crippen molar-refractivity contribution >= 4 is 30.8 Å². The summed E-state index contributed by atoms with van der Waals surface area (Å²) in [6, 6.07) is 4.32. The van der Waals surface area contributed by atoms with Crippen molar-refractivity contribution in [3.63, 3.8) is 0 Å². The van der Waals surface area contributed by atoms with Crippen LogP contribution in [0.1, 0.15) is 72.6 Å². The second kappa shape index (κ2) is 14.3. The summed E-state index contributed by atoms with van der Waals surface area (Å²) in [4.78, 5) is 33.4. The lowest BCUT2D eigenvalue weighted by molar-refractivity contribution is -0.138. The number of alkyl halides is 2. The maximum Gasteiger partial charge on any atom is 0.320 e. The first-order valence-electron chi connectivity index (χ1n) is 11.9. The van der Waals surface area contributed by atoms with Gasteiger partial charge in [0.25, 0.3) is 12.3 Å². The van der Waals surface area contributed by atoms with Gasteiger partial charge in [0.05, 0.1) is 0 Å². The Labute approximate surface area is 230 Å². The molecule has 1 amide bonds. The smallest absolute Gasteiger partial charge is 0.320 e. The summed E-state index contributed by atoms with van der Waals surface area (Å²) < 4.78 is 52.3. The van der Waals surface area contributed by atoms with Gasteiger partial charge in [-0.2, -0.15) is 9.49 Å². The molecule has 39 heavy (non-hydrogen) atoms. The molecule has 1 fully saturated rings. The molecule has 2 atom stereocenters. The highest BCUT2D eigenvalue weighted by atomic mass is 35.5. The maximum absolute atomic E-state index is 14.4. The molecule has 1 aliphatic rings.